The van der Waals surface area contributed by atoms with Gasteiger partial charge in [-0.05, 0) is 5.16 Å². The zero-order valence-electron chi connectivity index (χ0n) is 11.0. The topological polar surface area (TPSA) is 110 Å². The van der Waals surface area contributed by atoms with Crippen molar-refractivity contribution in [2.45, 2.75) is 19.8 Å². The summed E-state index contributed by atoms with van der Waals surface area (Å²) in [7, 11) is 3.57. The summed E-state index contributed by atoms with van der Waals surface area (Å²) in [5.41, 5.74) is 5.63. The van der Waals surface area contributed by atoms with Gasteiger partial charge < -0.3 is 19.3 Å². The second-order valence-electron chi connectivity index (χ2n) is 3.29. The lowest BCUT2D eigenvalue weighted by atomic mass is 10.1. The zero-order chi connectivity index (χ0) is 14.1. The number of rotatable bonds is 5. The summed E-state index contributed by atoms with van der Waals surface area (Å²) >= 11 is 0. The molecule has 0 aliphatic heterocycles. The summed E-state index contributed by atoms with van der Waals surface area (Å²) in [5, 5.41) is 6.93. The van der Waals surface area contributed by atoms with Crippen LogP contribution >= 0.6 is 8.60 Å². The fraction of sp³-hybridized carbons (Fsp3) is 0.667. The molecule has 0 fully saturated rings. The van der Waals surface area contributed by atoms with Gasteiger partial charge in [-0.2, -0.15) is 0 Å². The van der Waals surface area contributed by atoms with Crippen LogP contribution in [0.2, 0.25) is 0 Å². The maximum atomic E-state index is 10.6. The summed E-state index contributed by atoms with van der Waals surface area (Å²) < 4.78 is 18.4. The van der Waals surface area contributed by atoms with Crippen LogP contribution in [0.25, 0.3) is 0 Å². The van der Waals surface area contributed by atoms with Gasteiger partial charge in [0.25, 0.3) is 5.91 Å². The van der Waals surface area contributed by atoms with Crippen LogP contribution in [-0.4, -0.2) is 37.5 Å². The Hall–Kier alpha value is -1.08. The van der Waals surface area contributed by atoms with E-state index in [4.69, 9.17) is 5.73 Å². The number of amides is 1. The lowest BCUT2D eigenvalue weighted by molar-refractivity contribution is 0.0990. The van der Waals surface area contributed by atoms with Crippen molar-refractivity contribution in [1.82, 2.24) is 10.3 Å². The lowest BCUT2D eigenvalue weighted by Crippen LogP contribution is -2.14. The molecule has 9 heteroatoms. The molecule has 0 aromatic carbocycles. The van der Waals surface area contributed by atoms with Crippen molar-refractivity contribution in [2.24, 2.45) is 5.73 Å². The third-order valence-electron chi connectivity index (χ3n) is 1.74. The maximum Gasteiger partial charge on any atom is 0.331 e. The molecule has 2 N–H and O–H groups in total. The van der Waals surface area contributed by atoms with Crippen LogP contribution < -0.4 is 5.73 Å². The van der Waals surface area contributed by atoms with Crippen molar-refractivity contribution in [3.8, 4) is 0 Å². The van der Waals surface area contributed by atoms with E-state index in [0.29, 0.717) is 5.69 Å². The molecule has 0 aliphatic carbocycles. The summed E-state index contributed by atoms with van der Waals surface area (Å²) in [6.07, 6.45) is 0. The van der Waals surface area contributed by atoms with E-state index in [2.05, 4.69) is 28.5 Å². The first-order valence-corrected chi connectivity index (χ1v) is 6.12. The molecule has 1 heterocycles. The van der Waals surface area contributed by atoms with Crippen LogP contribution in [0.5, 0.6) is 0 Å². The molecule has 1 aromatic heterocycles. The van der Waals surface area contributed by atoms with Crippen molar-refractivity contribution in [1.29, 1.82) is 0 Å². The highest BCUT2D eigenvalue weighted by Gasteiger charge is 2.17. The van der Waals surface area contributed by atoms with E-state index < -0.39 is 14.5 Å². The van der Waals surface area contributed by atoms with E-state index in [1.807, 2.05) is 13.8 Å². The summed E-state index contributed by atoms with van der Waals surface area (Å²) in [6.45, 7) is 3.76. The van der Waals surface area contributed by atoms with Crippen LogP contribution in [0.1, 0.15) is 35.9 Å². The predicted molar refractivity (Wildman–Crippen MR) is 64.9 cm³/mol. The van der Waals surface area contributed by atoms with Crippen LogP contribution in [0.3, 0.4) is 0 Å². The first-order valence-electron chi connectivity index (χ1n) is 5.02. The van der Waals surface area contributed by atoms with Gasteiger partial charge in [0, 0.05) is 27.2 Å². The van der Waals surface area contributed by atoms with Crippen molar-refractivity contribution < 1.29 is 23.0 Å². The number of aromatic nitrogens is 2. The Morgan fingerprint density at radius 3 is 1.94 bits per heavy atom. The van der Waals surface area contributed by atoms with Gasteiger partial charge in [0.2, 0.25) is 0 Å². The molecule has 0 spiro atoms. The fourth-order valence-corrected chi connectivity index (χ4v) is 1.42. The lowest BCUT2D eigenvalue weighted by Gasteiger charge is -2.05. The predicted octanol–water partition coefficient (Wildman–Crippen LogP) is 1.44. The Morgan fingerprint density at radius 1 is 1.22 bits per heavy atom. The standard InChI is InChI=1S/C6H9N3O2.C3H9O3P/c1-3(2)4-5(6(7)10)9-11-8-4;1-4-7(5-2)6-3/h3H,1-2H3,(H2,7,10);1-3H3. The van der Waals surface area contributed by atoms with Crippen molar-refractivity contribution in [2.75, 3.05) is 21.3 Å². The minimum absolute atomic E-state index is 0.101. The van der Waals surface area contributed by atoms with E-state index in [1.165, 1.54) is 0 Å². The summed E-state index contributed by atoms with van der Waals surface area (Å²) in [5.74, 6) is -0.501. The zero-order valence-corrected chi connectivity index (χ0v) is 11.9. The average Bonchev–Trinajstić information content (AvgIpc) is 2.81. The molecule has 1 rings (SSSR count). The highest BCUT2D eigenvalue weighted by atomic mass is 31.2. The second kappa shape index (κ2) is 8.93. The quantitative estimate of drug-likeness (QED) is 0.812. The third kappa shape index (κ3) is 5.50. The average molecular weight is 279 g/mol. The number of carbonyl (C=O) groups is 1. The SMILES string of the molecule is CC(C)c1nonc1C(N)=O.COP(OC)OC. The molecule has 0 bridgehead atoms. The smallest absolute Gasteiger partial charge is 0.331 e. The Bertz CT molecular complexity index is 348. The van der Waals surface area contributed by atoms with E-state index in [1.54, 1.807) is 21.3 Å². The van der Waals surface area contributed by atoms with Gasteiger partial charge in [-0.3, -0.25) is 4.79 Å². The van der Waals surface area contributed by atoms with Crippen LogP contribution in [0.15, 0.2) is 4.63 Å². The molecule has 8 nitrogen and oxygen atoms in total. The van der Waals surface area contributed by atoms with Crippen LogP contribution in [-0.2, 0) is 13.6 Å². The number of nitrogens with zero attached hydrogens (tertiary/aromatic N) is 2. The van der Waals surface area contributed by atoms with Gasteiger partial charge in [-0.25, -0.2) is 4.63 Å². The molecular formula is C9H18N3O5P. The summed E-state index contributed by atoms with van der Waals surface area (Å²) in [6, 6.07) is 0. The van der Waals surface area contributed by atoms with Gasteiger partial charge >= 0.3 is 8.60 Å². The van der Waals surface area contributed by atoms with Gasteiger partial charge in [0.1, 0.15) is 5.69 Å². The van der Waals surface area contributed by atoms with E-state index >= 15 is 0 Å². The summed E-state index contributed by atoms with van der Waals surface area (Å²) in [4.78, 5) is 10.6. The highest BCUT2D eigenvalue weighted by Crippen LogP contribution is 2.35. The molecular weight excluding hydrogens is 261 g/mol. The van der Waals surface area contributed by atoms with Crippen molar-refractivity contribution in [3.63, 3.8) is 0 Å². The van der Waals surface area contributed by atoms with Crippen molar-refractivity contribution in [3.05, 3.63) is 11.4 Å². The molecule has 0 radical (unpaired) electrons. The molecule has 0 saturated carbocycles. The molecule has 1 aromatic rings. The van der Waals surface area contributed by atoms with E-state index in [9.17, 15) is 4.79 Å². The largest absolute Gasteiger partial charge is 0.364 e. The Morgan fingerprint density at radius 2 is 1.72 bits per heavy atom. The second-order valence-corrected chi connectivity index (χ2v) is 4.83. The number of primary amides is 1. The highest BCUT2D eigenvalue weighted by molar-refractivity contribution is 7.41. The maximum absolute atomic E-state index is 10.6. The van der Waals surface area contributed by atoms with E-state index in [0.717, 1.165) is 0 Å². The molecule has 104 valence electrons. The molecule has 1 amide bonds. The molecule has 18 heavy (non-hydrogen) atoms. The molecule has 0 unspecified atom stereocenters. The van der Waals surface area contributed by atoms with Gasteiger partial charge in [-0.15, -0.1) is 0 Å². The first-order chi connectivity index (χ1) is 8.47. The van der Waals surface area contributed by atoms with E-state index in [-0.39, 0.29) is 11.6 Å². The Balaban J connectivity index is 0.000000360. The number of hydrogen-bond donors (Lipinski definition) is 1. The minimum Gasteiger partial charge on any atom is -0.364 e. The van der Waals surface area contributed by atoms with Crippen molar-refractivity contribution >= 4 is 14.5 Å². The Labute approximate surface area is 107 Å². The third-order valence-corrected chi connectivity index (χ3v) is 2.64. The number of carbonyl (C=O) groups excluding carboxylic acids is 1. The fourth-order valence-electron chi connectivity index (χ4n) is 0.969. The molecule has 0 atom stereocenters. The van der Waals surface area contributed by atoms with Gasteiger partial charge in [0.15, 0.2) is 5.69 Å². The first kappa shape index (κ1) is 16.9. The van der Waals surface area contributed by atoms with Crippen LogP contribution in [0, 0.1) is 0 Å². The normalized spacial score (nSPS) is 10.4. The number of nitrogens with two attached hydrogens (primary N) is 1. The number of hydrogen-bond acceptors (Lipinski definition) is 7. The van der Waals surface area contributed by atoms with Gasteiger partial charge in [-0.1, -0.05) is 19.0 Å². The van der Waals surface area contributed by atoms with Crippen LogP contribution in [0.4, 0.5) is 0 Å². The van der Waals surface area contributed by atoms with Gasteiger partial charge in [0.05, 0.1) is 0 Å². The minimum atomic E-state index is -1.05. The monoisotopic (exact) mass is 279 g/mol. The molecule has 0 saturated heterocycles. The Kier molecular flexibility index (Phi) is 8.40. The molecule has 0 aliphatic rings.